The second kappa shape index (κ2) is 8.17. The molecule has 1 rings (SSSR count). The molecule has 0 saturated heterocycles. The second-order valence-corrected chi connectivity index (χ2v) is 5.28. The lowest BCUT2D eigenvalue weighted by Gasteiger charge is -2.20. The fourth-order valence-corrected chi connectivity index (χ4v) is 1.91. The van der Waals surface area contributed by atoms with E-state index in [9.17, 15) is 19.5 Å². The van der Waals surface area contributed by atoms with E-state index in [-0.39, 0.29) is 11.8 Å². The van der Waals surface area contributed by atoms with Crippen LogP contribution in [0.15, 0.2) is 24.3 Å². The smallest absolute Gasteiger partial charge is 0.326 e. The van der Waals surface area contributed by atoms with Crippen LogP contribution in [0, 0.1) is 5.92 Å². The summed E-state index contributed by atoms with van der Waals surface area (Å²) < 4.78 is 0. The monoisotopic (exact) mass is 306 g/mol. The van der Waals surface area contributed by atoms with Crippen molar-refractivity contribution in [2.24, 2.45) is 5.92 Å². The summed E-state index contributed by atoms with van der Waals surface area (Å²) in [6.07, 6.45) is 0.660. The molecule has 3 N–H and O–H groups in total. The maximum atomic E-state index is 12.1. The Balaban J connectivity index is 2.72. The summed E-state index contributed by atoms with van der Waals surface area (Å²) in [5.74, 6) is -1.73. The molecule has 120 valence electrons. The Kier molecular flexibility index (Phi) is 6.56. The quantitative estimate of drug-likeness (QED) is 0.712. The number of hydrogen-bond donors (Lipinski definition) is 3. The Labute approximate surface area is 129 Å². The maximum absolute atomic E-state index is 12.1. The summed E-state index contributed by atoms with van der Waals surface area (Å²) in [4.78, 5) is 34.2. The number of rotatable bonds is 7. The number of carbonyl (C=O) groups is 3. The zero-order chi connectivity index (χ0) is 16.7. The van der Waals surface area contributed by atoms with Gasteiger partial charge in [0.15, 0.2) is 0 Å². The van der Waals surface area contributed by atoms with Crippen LogP contribution >= 0.6 is 0 Å². The van der Waals surface area contributed by atoms with E-state index in [1.807, 2.05) is 6.92 Å². The molecule has 0 heterocycles. The molecule has 0 fully saturated rings. The summed E-state index contributed by atoms with van der Waals surface area (Å²) in [5, 5.41) is 14.4. The lowest BCUT2D eigenvalue weighted by atomic mass is 9.99. The zero-order valence-corrected chi connectivity index (χ0v) is 13.1. The van der Waals surface area contributed by atoms with Crippen LogP contribution in [0.1, 0.15) is 43.1 Å². The molecule has 6 heteroatoms. The Hall–Kier alpha value is -2.37. The number of nitrogens with one attached hydrogen (secondary N) is 2. The van der Waals surface area contributed by atoms with E-state index in [4.69, 9.17) is 0 Å². The van der Waals surface area contributed by atoms with Crippen molar-refractivity contribution in [3.05, 3.63) is 35.4 Å². The van der Waals surface area contributed by atoms with Crippen molar-refractivity contribution in [1.82, 2.24) is 10.6 Å². The molecule has 0 spiro atoms. The van der Waals surface area contributed by atoms with Crippen LogP contribution in [0.4, 0.5) is 0 Å². The molecule has 1 aromatic rings. The number of benzene rings is 1. The van der Waals surface area contributed by atoms with Crippen LogP contribution in [0.25, 0.3) is 0 Å². The van der Waals surface area contributed by atoms with Gasteiger partial charge < -0.3 is 15.7 Å². The molecule has 0 radical (unpaired) electrons. The summed E-state index contributed by atoms with van der Waals surface area (Å²) in [6.45, 7) is 5.49. The van der Waals surface area contributed by atoms with Gasteiger partial charge in [0.2, 0.25) is 5.91 Å². The van der Waals surface area contributed by atoms with Crippen LogP contribution < -0.4 is 10.6 Å². The highest BCUT2D eigenvalue weighted by molar-refractivity contribution is 5.96. The summed E-state index contributed by atoms with van der Waals surface area (Å²) >= 11 is 0. The molecule has 2 unspecified atom stereocenters. The molecule has 0 aliphatic carbocycles. The first-order chi connectivity index (χ1) is 10.3. The van der Waals surface area contributed by atoms with Gasteiger partial charge in [0.25, 0.3) is 5.91 Å². The fourth-order valence-electron chi connectivity index (χ4n) is 1.91. The fraction of sp³-hybridized carbons (Fsp3) is 0.438. The second-order valence-electron chi connectivity index (χ2n) is 5.28. The van der Waals surface area contributed by atoms with Gasteiger partial charge in [-0.1, -0.05) is 32.4 Å². The zero-order valence-electron chi connectivity index (χ0n) is 13.1. The number of carboxylic acid groups (broad SMARTS) is 1. The van der Waals surface area contributed by atoms with Crippen molar-refractivity contribution < 1.29 is 19.5 Å². The summed E-state index contributed by atoms with van der Waals surface area (Å²) in [7, 11) is 0. The molecule has 2 atom stereocenters. The molecular weight excluding hydrogens is 284 g/mol. The van der Waals surface area contributed by atoms with Gasteiger partial charge in [-0.25, -0.2) is 4.79 Å². The van der Waals surface area contributed by atoms with E-state index in [2.05, 4.69) is 10.6 Å². The number of carbonyl (C=O) groups excluding carboxylic acids is 2. The van der Waals surface area contributed by atoms with Crippen molar-refractivity contribution in [2.45, 2.75) is 39.8 Å². The van der Waals surface area contributed by atoms with Crippen molar-refractivity contribution in [3.8, 4) is 0 Å². The molecule has 6 nitrogen and oxygen atoms in total. The van der Waals surface area contributed by atoms with Gasteiger partial charge in [-0.15, -0.1) is 0 Å². The predicted molar refractivity (Wildman–Crippen MR) is 82.3 cm³/mol. The molecule has 0 aliphatic rings. The minimum Gasteiger partial charge on any atom is -0.480 e. The van der Waals surface area contributed by atoms with Crippen LogP contribution in [0.2, 0.25) is 0 Å². The number of hydrogen-bond acceptors (Lipinski definition) is 3. The minimum atomic E-state index is -1.04. The largest absolute Gasteiger partial charge is 0.480 e. The lowest BCUT2D eigenvalue weighted by molar-refractivity contribution is -0.140. The lowest BCUT2D eigenvalue weighted by Crippen LogP contribution is -2.45. The molecule has 2 amide bonds. The first-order valence-corrected chi connectivity index (χ1v) is 7.22. The first kappa shape index (κ1) is 17.7. The molecule has 1 aromatic carbocycles. The maximum Gasteiger partial charge on any atom is 0.326 e. The van der Waals surface area contributed by atoms with Crippen LogP contribution in [-0.4, -0.2) is 28.9 Å². The third kappa shape index (κ3) is 5.20. The van der Waals surface area contributed by atoms with E-state index in [1.165, 1.54) is 6.92 Å². The topological polar surface area (TPSA) is 95.5 Å². The van der Waals surface area contributed by atoms with Crippen LogP contribution in [0.3, 0.4) is 0 Å². The standard InChI is InChI=1S/C16H22N2O4/c1-4-10(2)14(16(21)22)18-15(20)13-7-5-12(6-8-13)9-17-11(3)19/h5-8,10,14H,4,9H2,1-3H3,(H,17,19)(H,18,20)(H,21,22). The SMILES string of the molecule is CCC(C)C(NC(=O)c1ccc(CNC(C)=O)cc1)C(=O)O. The van der Waals surface area contributed by atoms with Crippen molar-refractivity contribution >= 4 is 17.8 Å². The van der Waals surface area contributed by atoms with Gasteiger partial charge >= 0.3 is 5.97 Å². The van der Waals surface area contributed by atoms with Gasteiger partial charge in [-0.2, -0.15) is 0 Å². The Morgan fingerprint density at radius 1 is 1.18 bits per heavy atom. The number of carboxylic acids is 1. The van der Waals surface area contributed by atoms with Gasteiger partial charge in [-0.3, -0.25) is 9.59 Å². The summed E-state index contributed by atoms with van der Waals surface area (Å²) in [6, 6.07) is 5.77. The van der Waals surface area contributed by atoms with Crippen LogP contribution in [-0.2, 0) is 16.1 Å². The molecule has 0 bridgehead atoms. The van der Waals surface area contributed by atoms with E-state index in [1.54, 1.807) is 31.2 Å². The van der Waals surface area contributed by atoms with Crippen molar-refractivity contribution in [2.75, 3.05) is 0 Å². The molecular formula is C16H22N2O4. The number of aliphatic carboxylic acids is 1. The van der Waals surface area contributed by atoms with E-state index < -0.39 is 17.9 Å². The average molecular weight is 306 g/mol. The Bertz CT molecular complexity index is 540. The van der Waals surface area contributed by atoms with Gasteiger partial charge in [-0.05, 0) is 23.6 Å². The Morgan fingerprint density at radius 3 is 2.23 bits per heavy atom. The Morgan fingerprint density at radius 2 is 1.77 bits per heavy atom. The average Bonchev–Trinajstić information content (AvgIpc) is 2.49. The normalized spacial score (nSPS) is 13.0. The summed E-state index contributed by atoms with van der Waals surface area (Å²) in [5.41, 5.74) is 1.25. The molecule has 0 aromatic heterocycles. The highest BCUT2D eigenvalue weighted by atomic mass is 16.4. The van der Waals surface area contributed by atoms with E-state index in [0.29, 0.717) is 18.5 Å². The molecule has 22 heavy (non-hydrogen) atoms. The van der Waals surface area contributed by atoms with E-state index >= 15 is 0 Å². The van der Waals surface area contributed by atoms with Crippen molar-refractivity contribution in [3.63, 3.8) is 0 Å². The highest BCUT2D eigenvalue weighted by Crippen LogP contribution is 2.10. The predicted octanol–water partition coefficient (Wildman–Crippen LogP) is 1.55. The van der Waals surface area contributed by atoms with Gasteiger partial charge in [0.1, 0.15) is 6.04 Å². The molecule has 0 aliphatic heterocycles. The van der Waals surface area contributed by atoms with E-state index in [0.717, 1.165) is 5.56 Å². The number of amides is 2. The molecule has 0 saturated carbocycles. The highest BCUT2D eigenvalue weighted by Gasteiger charge is 2.25. The van der Waals surface area contributed by atoms with Gasteiger partial charge in [0, 0.05) is 19.0 Å². The van der Waals surface area contributed by atoms with Gasteiger partial charge in [0.05, 0.1) is 0 Å². The van der Waals surface area contributed by atoms with Crippen molar-refractivity contribution in [1.29, 1.82) is 0 Å². The third-order valence-corrected chi connectivity index (χ3v) is 3.52. The third-order valence-electron chi connectivity index (χ3n) is 3.52. The first-order valence-electron chi connectivity index (χ1n) is 7.22. The van der Waals surface area contributed by atoms with Crippen LogP contribution in [0.5, 0.6) is 0 Å². The minimum absolute atomic E-state index is 0.125.